The highest BCUT2D eigenvalue weighted by atomic mass is 16.5. The molecule has 0 aliphatic carbocycles. The van der Waals surface area contributed by atoms with Gasteiger partial charge in [0.15, 0.2) is 5.82 Å². The first-order chi connectivity index (χ1) is 8.48. The highest BCUT2D eigenvalue weighted by Gasteiger charge is 2.33. The van der Waals surface area contributed by atoms with Crippen LogP contribution in [-0.4, -0.2) is 46.3 Å². The normalized spacial score (nSPS) is 24.6. The van der Waals surface area contributed by atoms with E-state index in [-0.39, 0.29) is 5.54 Å². The third kappa shape index (κ3) is 3.29. The van der Waals surface area contributed by atoms with Crippen LogP contribution in [0.25, 0.3) is 0 Å². The standard InChI is InChI=1S/C13H24N4O/c1-10(2)11-7-15-13(3,4)8-17(11)6-5-12-14-9-18-16-12/h9-11,15H,5-8H2,1-4H3. The Balaban J connectivity index is 1.96. The van der Waals surface area contributed by atoms with Gasteiger partial charge in [0.25, 0.3) is 0 Å². The van der Waals surface area contributed by atoms with Gasteiger partial charge in [-0.15, -0.1) is 0 Å². The van der Waals surface area contributed by atoms with Crippen molar-refractivity contribution in [3.63, 3.8) is 0 Å². The third-order valence-electron chi connectivity index (χ3n) is 3.66. The van der Waals surface area contributed by atoms with Gasteiger partial charge in [-0.25, -0.2) is 0 Å². The van der Waals surface area contributed by atoms with E-state index in [1.807, 2.05) is 0 Å². The molecule has 0 saturated carbocycles. The van der Waals surface area contributed by atoms with E-state index < -0.39 is 0 Å². The van der Waals surface area contributed by atoms with E-state index >= 15 is 0 Å². The Labute approximate surface area is 109 Å². The first-order valence-corrected chi connectivity index (χ1v) is 6.72. The molecule has 1 fully saturated rings. The molecular formula is C13H24N4O. The van der Waals surface area contributed by atoms with Gasteiger partial charge in [-0.3, -0.25) is 4.90 Å². The van der Waals surface area contributed by atoms with Crippen molar-refractivity contribution in [2.45, 2.75) is 45.7 Å². The molecule has 1 unspecified atom stereocenters. The average Bonchev–Trinajstić information content (AvgIpc) is 2.77. The molecule has 5 heteroatoms. The second kappa shape index (κ2) is 5.36. The van der Waals surface area contributed by atoms with E-state index in [0.29, 0.717) is 12.0 Å². The zero-order valence-corrected chi connectivity index (χ0v) is 11.8. The van der Waals surface area contributed by atoms with E-state index in [9.17, 15) is 0 Å². The molecule has 0 amide bonds. The molecule has 0 radical (unpaired) electrons. The van der Waals surface area contributed by atoms with Crippen LogP contribution in [0.1, 0.15) is 33.5 Å². The number of hydrogen-bond donors (Lipinski definition) is 1. The molecule has 102 valence electrons. The fourth-order valence-electron chi connectivity index (χ4n) is 2.64. The van der Waals surface area contributed by atoms with Gasteiger partial charge < -0.3 is 9.84 Å². The Kier molecular flexibility index (Phi) is 4.02. The fraction of sp³-hybridized carbons (Fsp3) is 0.846. The maximum absolute atomic E-state index is 4.78. The topological polar surface area (TPSA) is 54.2 Å². The first-order valence-electron chi connectivity index (χ1n) is 6.72. The lowest BCUT2D eigenvalue weighted by molar-refractivity contribution is 0.0699. The molecule has 1 aliphatic rings. The van der Waals surface area contributed by atoms with E-state index in [1.54, 1.807) is 0 Å². The lowest BCUT2D eigenvalue weighted by Crippen LogP contribution is -2.63. The van der Waals surface area contributed by atoms with Gasteiger partial charge in [0.2, 0.25) is 6.39 Å². The minimum Gasteiger partial charge on any atom is -0.343 e. The summed E-state index contributed by atoms with van der Waals surface area (Å²) in [5, 5.41) is 7.50. The third-order valence-corrected chi connectivity index (χ3v) is 3.66. The zero-order chi connectivity index (χ0) is 13.2. The molecule has 0 bridgehead atoms. The Morgan fingerprint density at radius 2 is 2.33 bits per heavy atom. The number of hydrogen-bond acceptors (Lipinski definition) is 5. The Morgan fingerprint density at radius 3 is 2.94 bits per heavy atom. The quantitative estimate of drug-likeness (QED) is 0.876. The van der Waals surface area contributed by atoms with Gasteiger partial charge in [-0.2, -0.15) is 4.98 Å². The molecule has 2 heterocycles. The summed E-state index contributed by atoms with van der Waals surface area (Å²) in [5.74, 6) is 1.45. The van der Waals surface area contributed by atoms with Crippen molar-refractivity contribution in [2.75, 3.05) is 19.6 Å². The van der Waals surface area contributed by atoms with Crippen LogP contribution in [-0.2, 0) is 6.42 Å². The number of nitrogens with one attached hydrogen (secondary N) is 1. The minimum atomic E-state index is 0.183. The van der Waals surface area contributed by atoms with Crippen LogP contribution in [0.2, 0.25) is 0 Å². The second-order valence-corrected chi connectivity index (χ2v) is 6.14. The summed E-state index contributed by atoms with van der Waals surface area (Å²) in [6.07, 6.45) is 2.26. The van der Waals surface area contributed by atoms with Crippen LogP contribution >= 0.6 is 0 Å². The molecule has 0 spiro atoms. The molecule has 0 aromatic carbocycles. The molecule has 18 heavy (non-hydrogen) atoms. The van der Waals surface area contributed by atoms with Gasteiger partial charge in [0.1, 0.15) is 0 Å². The van der Waals surface area contributed by atoms with Gasteiger partial charge in [-0.1, -0.05) is 19.0 Å². The summed E-state index contributed by atoms with van der Waals surface area (Å²) in [6, 6.07) is 0.588. The zero-order valence-electron chi connectivity index (χ0n) is 11.8. The van der Waals surface area contributed by atoms with Crippen LogP contribution in [0, 0.1) is 5.92 Å². The maximum atomic E-state index is 4.78. The van der Waals surface area contributed by atoms with E-state index in [4.69, 9.17) is 4.52 Å². The van der Waals surface area contributed by atoms with Crippen molar-refractivity contribution in [1.82, 2.24) is 20.4 Å². The highest BCUT2D eigenvalue weighted by molar-refractivity contribution is 4.94. The van der Waals surface area contributed by atoms with Crippen LogP contribution in [0.15, 0.2) is 10.9 Å². The second-order valence-electron chi connectivity index (χ2n) is 6.14. The molecule has 5 nitrogen and oxygen atoms in total. The summed E-state index contributed by atoms with van der Waals surface area (Å²) in [6.45, 7) is 12.2. The average molecular weight is 252 g/mol. The highest BCUT2D eigenvalue weighted by Crippen LogP contribution is 2.20. The first kappa shape index (κ1) is 13.5. The predicted octanol–water partition coefficient (Wildman–Crippen LogP) is 1.32. The summed E-state index contributed by atoms with van der Waals surface area (Å²) < 4.78 is 4.78. The van der Waals surface area contributed by atoms with Crippen molar-refractivity contribution in [3.05, 3.63) is 12.2 Å². The van der Waals surface area contributed by atoms with Gasteiger partial charge in [0, 0.05) is 37.6 Å². The van der Waals surface area contributed by atoms with Crippen LogP contribution < -0.4 is 5.32 Å². The number of nitrogens with zero attached hydrogens (tertiary/aromatic N) is 3. The molecule has 1 aromatic rings. The van der Waals surface area contributed by atoms with Gasteiger partial charge in [-0.05, 0) is 19.8 Å². The molecule has 1 aliphatic heterocycles. The summed E-state index contributed by atoms with van der Waals surface area (Å²) in [7, 11) is 0. The van der Waals surface area contributed by atoms with Crippen molar-refractivity contribution < 1.29 is 4.52 Å². The number of rotatable bonds is 4. The van der Waals surface area contributed by atoms with Gasteiger partial charge in [0.05, 0.1) is 0 Å². The van der Waals surface area contributed by atoms with Crippen LogP contribution in [0.4, 0.5) is 0 Å². The molecular weight excluding hydrogens is 228 g/mol. The fourth-order valence-corrected chi connectivity index (χ4v) is 2.64. The van der Waals surface area contributed by atoms with E-state index in [0.717, 1.165) is 31.9 Å². The SMILES string of the molecule is CC(C)C1CNC(C)(C)CN1CCc1ncon1. The van der Waals surface area contributed by atoms with Crippen molar-refractivity contribution in [3.8, 4) is 0 Å². The predicted molar refractivity (Wildman–Crippen MR) is 70.3 cm³/mol. The molecule has 1 atom stereocenters. The number of piperazine rings is 1. The van der Waals surface area contributed by atoms with Crippen molar-refractivity contribution in [2.24, 2.45) is 5.92 Å². The lowest BCUT2D eigenvalue weighted by Gasteiger charge is -2.46. The maximum Gasteiger partial charge on any atom is 0.213 e. The Morgan fingerprint density at radius 1 is 1.56 bits per heavy atom. The molecule has 2 rings (SSSR count). The molecule has 1 N–H and O–H groups in total. The smallest absolute Gasteiger partial charge is 0.213 e. The van der Waals surface area contributed by atoms with Crippen LogP contribution in [0.5, 0.6) is 0 Å². The summed E-state index contributed by atoms with van der Waals surface area (Å²) in [5.41, 5.74) is 0.183. The van der Waals surface area contributed by atoms with E-state index in [1.165, 1.54) is 6.39 Å². The largest absolute Gasteiger partial charge is 0.343 e. The monoisotopic (exact) mass is 252 g/mol. The summed E-state index contributed by atoms with van der Waals surface area (Å²) >= 11 is 0. The lowest BCUT2D eigenvalue weighted by atomic mass is 9.93. The van der Waals surface area contributed by atoms with Crippen molar-refractivity contribution in [1.29, 1.82) is 0 Å². The van der Waals surface area contributed by atoms with E-state index in [2.05, 4.69) is 48.1 Å². The molecule has 1 aromatic heterocycles. The molecule has 1 saturated heterocycles. The van der Waals surface area contributed by atoms with Gasteiger partial charge >= 0.3 is 0 Å². The minimum absolute atomic E-state index is 0.183. The summed E-state index contributed by atoms with van der Waals surface area (Å²) in [4.78, 5) is 6.64. The number of aromatic nitrogens is 2. The Bertz CT molecular complexity index is 361. The Hall–Kier alpha value is -0.940. The van der Waals surface area contributed by atoms with Crippen molar-refractivity contribution >= 4 is 0 Å². The van der Waals surface area contributed by atoms with Crippen LogP contribution in [0.3, 0.4) is 0 Å².